The highest BCUT2D eigenvalue weighted by molar-refractivity contribution is 6.00. The van der Waals surface area contributed by atoms with Crippen LogP contribution in [0.1, 0.15) is 29.8 Å². The zero-order chi connectivity index (χ0) is 9.84. The van der Waals surface area contributed by atoms with Crippen LogP contribution < -0.4 is 0 Å². The number of benzene rings is 1. The lowest BCUT2D eigenvalue weighted by Gasteiger charge is -2.04. The minimum Gasteiger partial charge on any atom is -0.294 e. The molecule has 0 atom stereocenters. The molecule has 0 amide bonds. The molecule has 0 spiro atoms. The maximum atomic E-state index is 11.2. The summed E-state index contributed by atoms with van der Waals surface area (Å²) >= 11 is 0. The van der Waals surface area contributed by atoms with E-state index >= 15 is 0 Å². The molecule has 13 heavy (non-hydrogen) atoms. The van der Waals surface area contributed by atoms with Crippen molar-refractivity contribution in [2.24, 2.45) is 5.18 Å². The van der Waals surface area contributed by atoms with E-state index in [9.17, 15) is 9.70 Å². The molecule has 0 fully saturated rings. The Hall–Kier alpha value is -1.51. The van der Waals surface area contributed by atoms with E-state index in [2.05, 4.69) is 5.18 Å². The fraction of sp³-hybridized carbons (Fsp3) is 0.300. The highest BCUT2D eigenvalue weighted by atomic mass is 16.3. The molecule has 0 aliphatic heterocycles. The highest BCUT2D eigenvalue weighted by Crippen LogP contribution is 2.23. The van der Waals surface area contributed by atoms with Crippen molar-refractivity contribution >= 4 is 11.5 Å². The van der Waals surface area contributed by atoms with Gasteiger partial charge in [0.15, 0.2) is 5.78 Å². The Bertz CT molecular complexity index is 345. The van der Waals surface area contributed by atoms with Crippen LogP contribution in [-0.2, 0) is 6.42 Å². The van der Waals surface area contributed by atoms with Crippen molar-refractivity contribution in [1.29, 1.82) is 0 Å². The predicted octanol–water partition coefficient (Wildman–Crippen LogP) is 2.85. The molecule has 0 saturated heterocycles. The second kappa shape index (κ2) is 3.94. The van der Waals surface area contributed by atoms with E-state index < -0.39 is 0 Å². The maximum absolute atomic E-state index is 11.2. The molecule has 0 aliphatic carbocycles. The number of ketones is 1. The van der Waals surface area contributed by atoms with Crippen molar-refractivity contribution < 1.29 is 4.79 Å². The summed E-state index contributed by atoms with van der Waals surface area (Å²) in [5, 5.41) is 2.83. The monoisotopic (exact) mass is 177 g/mol. The molecule has 0 bridgehead atoms. The van der Waals surface area contributed by atoms with Gasteiger partial charge >= 0.3 is 0 Å². The van der Waals surface area contributed by atoms with Gasteiger partial charge in [-0.25, -0.2) is 0 Å². The number of carbonyl (C=O) groups excluding carboxylic acids is 1. The topological polar surface area (TPSA) is 46.5 Å². The molecule has 0 N–H and O–H groups in total. The quantitative estimate of drug-likeness (QED) is 0.526. The number of hydrogen-bond donors (Lipinski definition) is 0. The molecular weight excluding hydrogens is 166 g/mol. The number of nitrogens with zero attached hydrogens (tertiary/aromatic N) is 1. The molecule has 0 aliphatic rings. The minimum absolute atomic E-state index is 0.105. The summed E-state index contributed by atoms with van der Waals surface area (Å²) in [4.78, 5) is 21.6. The van der Waals surface area contributed by atoms with Crippen LogP contribution in [0.25, 0.3) is 0 Å². The zero-order valence-electron chi connectivity index (χ0n) is 7.70. The lowest BCUT2D eigenvalue weighted by atomic mass is 10.0. The van der Waals surface area contributed by atoms with Gasteiger partial charge < -0.3 is 0 Å². The van der Waals surface area contributed by atoms with Gasteiger partial charge in [0.1, 0.15) is 5.69 Å². The Labute approximate surface area is 76.7 Å². The summed E-state index contributed by atoms with van der Waals surface area (Å²) in [5.74, 6) is -0.105. The molecule has 1 aromatic rings. The second-order valence-electron chi connectivity index (χ2n) is 2.81. The molecule has 1 aromatic carbocycles. The SMILES string of the molecule is CCc1cccc(N=O)c1C(C)=O. The third-order valence-corrected chi connectivity index (χ3v) is 1.96. The summed E-state index contributed by atoms with van der Waals surface area (Å²) in [6.45, 7) is 3.39. The lowest BCUT2D eigenvalue weighted by molar-refractivity contribution is 0.101. The van der Waals surface area contributed by atoms with Crippen LogP contribution in [0.3, 0.4) is 0 Å². The first-order valence-corrected chi connectivity index (χ1v) is 4.16. The van der Waals surface area contributed by atoms with Crippen LogP contribution in [0.2, 0.25) is 0 Å². The molecule has 0 saturated carbocycles. The van der Waals surface area contributed by atoms with Crippen LogP contribution in [0.5, 0.6) is 0 Å². The Kier molecular flexibility index (Phi) is 2.90. The summed E-state index contributed by atoms with van der Waals surface area (Å²) < 4.78 is 0. The van der Waals surface area contributed by atoms with E-state index in [1.54, 1.807) is 12.1 Å². The number of aryl methyl sites for hydroxylation is 1. The van der Waals surface area contributed by atoms with Crippen molar-refractivity contribution in [3.05, 3.63) is 34.2 Å². The summed E-state index contributed by atoms with van der Waals surface area (Å²) in [6, 6.07) is 5.14. The molecule has 0 radical (unpaired) electrons. The first-order valence-electron chi connectivity index (χ1n) is 4.16. The van der Waals surface area contributed by atoms with Crippen molar-refractivity contribution in [2.75, 3.05) is 0 Å². The summed E-state index contributed by atoms with van der Waals surface area (Å²) in [7, 11) is 0. The van der Waals surface area contributed by atoms with Gasteiger partial charge in [-0.3, -0.25) is 4.79 Å². The van der Waals surface area contributed by atoms with Gasteiger partial charge in [-0.05, 0) is 30.2 Å². The number of Topliss-reactive ketones (excluding diaryl/α,β-unsaturated/α-hetero) is 1. The number of rotatable bonds is 3. The van der Waals surface area contributed by atoms with Crippen LogP contribution in [-0.4, -0.2) is 5.78 Å². The van der Waals surface area contributed by atoms with Gasteiger partial charge in [0.05, 0.1) is 0 Å². The average Bonchev–Trinajstić information content (AvgIpc) is 2.16. The first kappa shape index (κ1) is 9.58. The average molecular weight is 177 g/mol. The maximum Gasteiger partial charge on any atom is 0.162 e. The Morgan fingerprint density at radius 1 is 1.46 bits per heavy atom. The van der Waals surface area contributed by atoms with Crippen LogP contribution in [0.15, 0.2) is 23.4 Å². The lowest BCUT2D eigenvalue weighted by Crippen LogP contribution is -1.98. The molecule has 0 unspecified atom stereocenters. The van der Waals surface area contributed by atoms with Gasteiger partial charge in [0, 0.05) is 5.56 Å². The molecule has 1 rings (SSSR count). The third kappa shape index (κ3) is 1.80. The second-order valence-corrected chi connectivity index (χ2v) is 2.81. The van der Waals surface area contributed by atoms with Crippen molar-refractivity contribution in [3.8, 4) is 0 Å². The van der Waals surface area contributed by atoms with E-state index in [4.69, 9.17) is 0 Å². The minimum atomic E-state index is -0.105. The fourth-order valence-electron chi connectivity index (χ4n) is 1.36. The largest absolute Gasteiger partial charge is 0.294 e. The Balaban J connectivity index is 3.38. The van der Waals surface area contributed by atoms with Gasteiger partial charge in [0.2, 0.25) is 0 Å². The Morgan fingerprint density at radius 2 is 2.15 bits per heavy atom. The van der Waals surface area contributed by atoms with E-state index in [0.717, 1.165) is 12.0 Å². The van der Waals surface area contributed by atoms with Crippen LogP contribution >= 0.6 is 0 Å². The van der Waals surface area contributed by atoms with Crippen molar-refractivity contribution in [1.82, 2.24) is 0 Å². The summed E-state index contributed by atoms with van der Waals surface area (Å²) in [6.07, 6.45) is 0.734. The fourth-order valence-corrected chi connectivity index (χ4v) is 1.36. The van der Waals surface area contributed by atoms with E-state index in [-0.39, 0.29) is 11.5 Å². The van der Waals surface area contributed by atoms with Crippen LogP contribution in [0.4, 0.5) is 5.69 Å². The molecule has 68 valence electrons. The van der Waals surface area contributed by atoms with Crippen LogP contribution in [0, 0.1) is 4.91 Å². The standard InChI is InChI=1S/C10H11NO2/c1-3-8-5-4-6-9(11-13)10(8)7(2)12/h4-6H,3H2,1-2H3. The van der Waals surface area contributed by atoms with E-state index in [1.165, 1.54) is 6.92 Å². The first-order chi connectivity index (χ1) is 6.20. The number of carbonyl (C=O) groups is 1. The van der Waals surface area contributed by atoms with Gasteiger partial charge in [-0.2, -0.15) is 0 Å². The van der Waals surface area contributed by atoms with Gasteiger partial charge in [-0.15, -0.1) is 4.91 Å². The molecule has 3 nitrogen and oxygen atoms in total. The summed E-state index contributed by atoms with van der Waals surface area (Å²) in [5.41, 5.74) is 1.58. The Morgan fingerprint density at radius 3 is 2.62 bits per heavy atom. The van der Waals surface area contributed by atoms with Crippen molar-refractivity contribution in [2.45, 2.75) is 20.3 Å². The normalized spacial score (nSPS) is 9.69. The molecule has 0 heterocycles. The van der Waals surface area contributed by atoms with E-state index in [0.29, 0.717) is 5.56 Å². The highest BCUT2D eigenvalue weighted by Gasteiger charge is 2.11. The van der Waals surface area contributed by atoms with Crippen molar-refractivity contribution in [3.63, 3.8) is 0 Å². The number of nitroso groups, excluding NO2 is 1. The zero-order valence-corrected chi connectivity index (χ0v) is 7.70. The van der Waals surface area contributed by atoms with Gasteiger partial charge in [0.25, 0.3) is 0 Å². The molecular formula is C10H11NO2. The number of hydrogen-bond acceptors (Lipinski definition) is 3. The molecule has 3 heteroatoms. The third-order valence-electron chi connectivity index (χ3n) is 1.96. The molecule has 0 aromatic heterocycles. The van der Waals surface area contributed by atoms with E-state index in [1.807, 2.05) is 13.0 Å². The predicted molar refractivity (Wildman–Crippen MR) is 51.3 cm³/mol. The van der Waals surface area contributed by atoms with Gasteiger partial charge in [-0.1, -0.05) is 19.1 Å². The smallest absolute Gasteiger partial charge is 0.162 e.